The molecule has 2 rings (SSSR count). The minimum atomic E-state index is -3.12. The van der Waals surface area contributed by atoms with Crippen LogP contribution in [0.2, 0.25) is 0 Å². The monoisotopic (exact) mass is 273 g/mol. The molecule has 0 bridgehead atoms. The number of hydrogen-bond acceptors (Lipinski definition) is 6. The van der Waals surface area contributed by atoms with E-state index in [1.165, 1.54) is 6.26 Å². The Morgan fingerprint density at radius 1 is 1.50 bits per heavy atom. The first-order valence-electron chi connectivity index (χ1n) is 6.17. The van der Waals surface area contributed by atoms with Crippen molar-refractivity contribution in [2.24, 2.45) is 0 Å². The summed E-state index contributed by atoms with van der Waals surface area (Å²) in [4.78, 5) is 4.27. The molecule has 1 fully saturated rings. The van der Waals surface area contributed by atoms with E-state index in [2.05, 4.69) is 22.4 Å². The fourth-order valence-electron chi connectivity index (χ4n) is 2.37. The van der Waals surface area contributed by atoms with Crippen LogP contribution in [0, 0.1) is 0 Å². The highest BCUT2D eigenvalue weighted by Gasteiger charge is 2.37. The van der Waals surface area contributed by atoms with Crippen molar-refractivity contribution in [1.29, 1.82) is 0 Å². The van der Waals surface area contributed by atoms with Gasteiger partial charge in [0.2, 0.25) is 5.89 Å². The Kier molecular flexibility index (Phi) is 3.72. The molecule has 1 N–H and O–H groups in total. The average Bonchev–Trinajstić information content (AvgIpc) is 2.76. The van der Waals surface area contributed by atoms with Crippen molar-refractivity contribution in [2.45, 2.75) is 37.4 Å². The number of piperidine rings is 1. The van der Waals surface area contributed by atoms with Gasteiger partial charge in [0.25, 0.3) is 0 Å². The zero-order valence-corrected chi connectivity index (χ0v) is 11.6. The zero-order valence-electron chi connectivity index (χ0n) is 10.8. The lowest BCUT2D eigenvalue weighted by molar-refractivity contribution is 0.220. The highest BCUT2D eigenvalue weighted by Crippen LogP contribution is 2.33. The fraction of sp³-hybridized carbons (Fsp3) is 0.818. The van der Waals surface area contributed by atoms with E-state index in [0.29, 0.717) is 5.89 Å². The van der Waals surface area contributed by atoms with Crippen LogP contribution in [0.1, 0.15) is 37.9 Å². The van der Waals surface area contributed by atoms with Crippen molar-refractivity contribution >= 4 is 9.84 Å². The zero-order chi connectivity index (χ0) is 13.2. The molecule has 1 aromatic heterocycles. The molecule has 0 radical (unpaired) electrons. The fourth-order valence-corrected chi connectivity index (χ4v) is 2.95. The molecule has 1 aliphatic rings. The van der Waals surface area contributed by atoms with E-state index in [9.17, 15) is 8.42 Å². The van der Waals surface area contributed by atoms with Crippen LogP contribution >= 0.6 is 0 Å². The van der Waals surface area contributed by atoms with E-state index in [4.69, 9.17) is 4.52 Å². The summed E-state index contributed by atoms with van der Waals surface area (Å²) in [6.07, 6.45) is 4.13. The third-order valence-corrected chi connectivity index (χ3v) is 4.24. The van der Waals surface area contributed by atoms with Crippen LogP contribution in [0.15, 0.2) is 4.52 Å². The maximum Gasteiger partial charge on any atom is 0.234 e. The molecule has 1 aliphatic heterocycles. The van der Waals surface area contributed by atoms with Gasteiger partial charge in [0.1, 0.15) is 5.75 Å². The molecule has 1 aromatic rings. The van der Waals surface area contributed by atoms with Gasteiger partial charge < -0.3 is 9.84 Å². The Labute approximate surface area is 107 Å². The van der Waals surface area contributed by atoms with Gasteiger partial charge in [0, 0.05) is 12.8 Å². The minimum absolute atomic E-state index is 0.138. The summed E-state index contributed by atoms with van der Waals surface area (Å²) in [5.41, 5.74) is -0.138. The van der Waals surface area contributed by atoms with E-state index < -0.39 is 9.84 Å². The Morgan fingerprint density at radius 3 is 2.83 bits per heavy atom. The first-order valence-corrected chi connectivity index (χ1v) is 8.23. The Morgan fingerprint density at radius 2 is 2.28 bits per heavy atom. The molecule has 7 heteroatoms. The first-order chi connectivity index (χ1) is 8.45. The molecule has 0 aromatic carbocycles. The van der Waals surface area contributed by atoms with Gasteiger partial charge in [-0.05, 0) is 25.8 Å². The minimum Gasteiger partial charge on any atom is -0.339 e. The van der Waals surface area contributed by atoms with E-state index >= 15 is 0 Å². The lowest BCUT2D eigenvalue weighted by atomic mass is 9.78. The molecular formula is C11H19N3O3S. The third kappa shape index (κ3) is 2.89. The van der Waals surface area contributed by atoms with E-state index in [-0.39, 0.29) is 17.0 Å². The van der Waals surface area contributed by atoms with Crippen LogP contribution in [0.4, 0.5) is 0 Å². The summed E-state index contributed by atoms with van der Waals surface area (Å²) >= 11 is 0. The number of sulfone groups is 1. The molecule has 0 aliphatic carbocycles. The van der Waals surface area contributed by atoms with Gasteiger partial charge in [-0.15, -0.1) is 0 Å². The van der Waals surface area contributed by atoms with Crippen molar-refractivity contribution in [3.8, 4) is 0 Å². The molecule has 0 saturated carbocycles. The summed E-state index contributed by atoms with van der Waals surface area (Å²) in [5.74, 6) is 0.658. The summed E-state index contributed by atoms with van der Waals surface area (Å²) < 4.78 is 27.7. The molecule has 0 spiro atoms. The van der Waals surface area contributed by atoms with Crippen LogP contribution in [0.3, 0.4) is 0 Å². The molecule has 18 heavy (non-hydrogen) atoms. The Hall–Kier alpha value is -0.950. The predicted octanol–water partition coefficient (Wildman–Crippen LogP) is 0.645. The molecule has 1 unspecified atom stereocenters. The van der Waals surface area contributed by atoms with Crippen LogP contribution < -0.4 is 5.32 Å². The molecule has 1 saturated heterocycles. The number of nitrogens with one attached hydrogen (secondary N) is 1. The largest absolute Gasteiger partial charge is 0.339 e. The van der Waals surface area contributed by atoms with Crippen molar-refractivity contribution in [1.82, 2.24) is 15.5 Å². The summed E-state index contributed by atoms with van der Waals surface area (Å²) in [6, 6.07) is 0. The number of rotatable bonds is 4. The maximum atomic E-state index is 11.2. The van der Waals surface area contributed by atoms with Crippen molar-refractivity contribution in [3.05, 3.63) is 11.7 Å². The summed E-state index contributed by atoms with van der Waals surface area (Å²) in [5, 5.41) is 7.11. The normalized spacial score (nSPS) is 25.2. The van der Waals surface area contributed by atoms with Crippen LogP contribution in [-0.2, 0) is 21.0 Å². The standard InChI is InChI=1S/C11H19N3O3S/c1-3-11(5-4-6-12-8-11)10-13-9(14-17-10)7-18(2,15)16/h12H,3-8H2,1-2H3. The molecular weight excluding hydrogens is 254 g/mol. The van der Waals surface area contributed by atoms with E-state index in [0.717, 1.165) is 32.4 Å². The van der Waals surface area contributed by atoms with E-state index in [1.807, 2.05) is 0 Å². The second-order valence-electron chi connectivity index (χ2n) is 5.00. The summed E-state index contributed by atoms with van der Waals surface area (Å²) in [6.45, 7) is 3.91. The molecule has 2 heterocycles. The SMILES string of the molecule is CCC1(c2nc(CS(C)(=O)=O)no2)CCCNC1. The van der Waals surface area contributed by atoms with Gasteiger partial charge in [-0.2, -0.15) is 4.98 Å². The summed E-state index contributed by atoms with van der Waals surface area (Å²) in [7, 11) is -3.12. The molecule has 102 valence electrons. The predicted molar refractivity (Wildman–Crippen MR) is 66.9 cm³/mol. The quantitative estimate of drug-likeness (QED) is 0.866. The molecule has 0 amide bonds. The number of hydrogen-bond donors (Lipinski definition) is 1. The van der Waals surface area contributed by atoms with Gasteiger partial charge in [-0.25, -0.2) is 8.42 Å². The topological polar surface area (TPSA) is 85.1 Å². The van der Waals surface area contributed by atoms with E-state index in [1.54, 1.807) is 0 Å². The van der Waals surface area contributed by atoms with Crippen LogP contribution in [0.5, 0.6) is 0 Å². The maximum absolute atomic E-state index is 11.2. The van der Waals surface area contributed by atoms with Crippen LogP contribution in [0.25, 0.3) is 0 Å². The third-order valence-electron chi connectivity index (χ3n) is 3.46. The highest BCUT2D eigenvalue weighted by atomic mass is 32.2. The van der Waals surface area contributed by atoms with Gasteiger partial charge in [0.05, 0.1) is 5.41 Å². The van der Waals surface area contributed by atoms with Gasteiger partial charge in [-0.1, -0.05) is 12.1 Å². The average molecular weight is 273 g/mol. The lowest BCUT2D eigenvalue weighted by Gasteiger charge is -2.33. The second-order valence-corrected chi connectivity index (χ2v) is 7.14. The Bertz CT molecular complexity index is 503. The van der Waals surface area contributed by atoms with Gasteiger partial charge >= 0.3 is 0 Å². The van der Waals surface area contributed by atoms with Crippen molar-refractivity contribution in [2.75, 3.05) is 19.3 Å². The number of aromatic nitrogens is 2. The second kappa shape index (κ2) is 4.97. The first kappa shape index (κ1) is 13.5. The van der Waals surface area contributed by atoms with Crippen molar-refractivity contribution in [3.63, 3.8) is 0 Å². The molecule has 1 atom stereocenters. The lowest BCUT2D eigenvalue weighted by Crippen LogP contribution is -2.43. The highest BCUT2D eigenvalue weighted by molar-refractivity contribution is 7.89. The Balaban J connectivity index is 2.22. The number of nitrogens with zero attached hydrogens (tertiary/aromatic N) is 2. The molecule has 6 nitrogen and oxygen atoms in total. The van der Waals surface area contributed by atoms with Crippen molar-refractivity contribution < 1.29 is 12.9 Å². The van der Waals surface area contributed by atoms with Gasteiger partial charge in [-0.3, -0.25) is 0 Å². The smallest absolute Gasteiger partial charge is 0.234 e. The van der Waals surface area contributed by atoms with Crippen LogP contribution in [-0.4, -0.2) is 37.9 Å². The van der Waals surface area contributed by atoms with Gasteiger partial charge in [0.15, 0.2) is 15.7 Å².